The van der Waals surface area contributed by atoms with Gasteiger partial charge < -0.3 is 10.2 Å². The Balaban J connectivity index is 1.43. The average Bonchev–Trinajstić information content (AvgIpc) is 3.08. The molecule has 6 heteroatoms. The molecule has 4 rings (SSSR count). The van der Waals surface area contributed by atoms with Crippen molar-refractivity contribution >= 4 is 11.8 Å². The largest absolute Gasteiger partial charge is 0.355 e. The molecule has 1 aromatic rings. The van der Waals surface area contributed by atoms with Crippen molar-refractivity contribution in [2.24, 2.45) is 24.3 Å². The zero-order chi connectivity index (χ0) is 20.1. The highest BCUT2D eigenvalue weighted by molar-refractivity contribution is 5.81. The van der Waals surface area contributed by atoms with Gasteiger partial charge in [0.15, 0.2) is 0 Å². The van der Waals surface area contributed by atoms with E-state index in [9.17, 15) is 9.59 Å². The van der Waals surface area contributed by atoms with Crippen molar-refractivity contribution in [1.82, 2.24) is 20.0 Å². The highest BCUT2D eigenvalue weighted by Gasteiger charge is 2.47. The van der Waals surface area contributed by atoms with Gasteiger partial charge in [0.1, 0.15) is 0 Å². The summed E-state index contributed by atoms with van der Waals surface area (Å²) in [6, 6.07) is -0.0393. The van der Waals surface area contributed by atoms with E-state index in [4.69, 9.17) is 0 Å². The molecular weight excluding hydrogens is 352 g/mol. The van der Waals surface area contributed by atoms with Gasteiger partial charge in [-0.25, -0.2) is 0 Å². The molecule has 0 aromatic carbocycles. The summed E-state index contributed by atoms with van der Waals surface area (Å²) in [5.41, 5.74) is 1.39. The van der Waals surface area contributed by atoms with E-state index in [0.717, 1.165) is 18.4 Å². The zero-order valence-electron chi connectivity index (χ0n) is 17.7. The van der Waals surface area contributed by atoms with Gasteiger partial charge in [0.05, 0.1) is 12.2 Å². The van der Waals surface area contributed by atoms with Gasteiger partial charge in [-0.15, -0.1) is 0 Å². The Morgan fingerprint density at radius 3 is 2.46 bits per heavy atom. The maximum atomic E-state index is 12.8. The quantitative estimate of drug-likeness (QED) is 0.864. The van der Waals surface area contributed by atoms with Crippen LogP contribution in [0.4, 0.5) is 0 Å². The first kappa shape index (κ1) is 19.5. The predicted octanol–water partition coefficient (Wildman–Crippen LogP) is 3.19. The monoisotopic (exact) mass is 386 g/mol. The topological polar surface area (TPSA) is 67.2 Å². The van der Waals surface area contributed by atoms with E-state index >= 15 is 0 Å². The average molecular weight is 387 g/mol. The van der Waals surface area contributed by atoms with Gasteiger partial charge in [0, 0.05) is 49.1 Å². The Morgan fingerprint density at radius 1 is 1.25 bits per heavy atom. The molecule has 3 fully saturated rings. The van der Waals surface area contributed by atoms with E-state index in [-0.39, 0.29) is 35.2 Å². The lowest BCUT2D eigenvalue weighted by molar-refractivity contribution is -0.133. The molecule has 154 valence electrons. The summed E-state index contributed by atoms with van der Waals surface area (Å²) < 4.78 is 1.78. The number of aryl methyl sites for hydroxylation is 1. The Bertz CT molecular complexity index is 749. The number of rotatable bonds is 4. The number of hydrogen-bond donors (Lipinski definition) is 1. The molecule has 0 bridgehead atoms. The summed E-state index contributed by atoms with van der Waals surface area (Å²) in [7, 11) is 1.90. The molecule has 6 nitrogen and oxygen atoms in total. The summed E-state index contributed by atoms with van der Waals surface area (Å²) in [5.74, 6) is 0.577. The fourth-order valence-corrected chi connectivity index (χ4v) is 5.33. The van der Waals surface area contributed by atoms with Crippen LogP contribution in [0.5, 0.6) is 0 Å². The molecule has 0 unspecified atom stereocenters. The third kappa shape index (κ3) is 3.70. The molecule has 2 atom stereocenters. The Morgan fingerprint density at radius 2 is 1.93 bits per heavy atom. The number of amides is 2. The predicted molar refractivity (Wildman–Crippen MR) is 107 cm³/mol. The molecule has 2 amide bonds. The summed E-state index contributed by atoms with van der Waals surface area (Å²) in [6.45, 7) is 6.78. The normalized spacial score (nSPS) is 27.4. The van der Waals surface area contributed by atoms with E-state index in [1.54, 1.807) is 4.68 Å². The molecule has 1 aliphatic heterocycles. The van der Waals surface area contributed by atoms with Crippen LogP contribution in [0.2, 0.25) is 0 Å². The van der Waals surface area contributed by atoms with Crippen molar-refractivity contribution in [1.29, 1.82) is 0 Å². The van der Waals surface area contributed by atoms with Gasteiger partial charge in [-0.2, -0.15) is 5.10 Å². The van der Waals surface area contributed by atoms with E-state index in [2.05, 4.69) is 31.2 Å². The van der Waals surface area contributed by atoms with E-state index in [0.29, 0.717) is 18.4 Å². The second kappa shape index (κ2) is 6.89. The SMILES string of the molecule is Cn1cc([C@@H]2[C@@H](CNC(=O)C3CCC4(CC3)CC4)CC(=O)N2C(C)(C)C)cn1. The van der Waals surface area contributed by atoms with Crippen LogP contribution < -0.4 is 5.32 Å². The Labute approximate surface area is 168 Å². The first-order chi connectivity index (χ1) is 13.2. The molecule has 1 spiro atoms. The molecule has 1 aromatic heterocycles. The zero-order valence-corrected chi connectivity index (χ0v) is 17.7. The number of aromatic nitrogens is 2. The number of carbonyl (C=O) groups is 2. The minimum Gasteiger partial charge on any atom is -0.355 e. The number of nitrogens with zero attached hydrogens (tertiary/aromatic N) is 3. The van der Waals surface area contributed by atoms with Crippen molar-refractivity contribution in [3.05, 3.63) is 18.0 Å². The van der Waals surface area contributed by atoms with Gasteiger partial charge in [-0.3, -0.25) is 14.3 Å². The van der Waals surface area contributed by atoms with Gasteiger partial charge in [-0.1, -0.05) is 0 Å². The second-order valence-electron chi connectivity index (χ2n) is 10.3. The van der Waals surface area contributed by atoms with Crippen LogP contribution in [0.1, 0.15) is 77.3 Å². The van der Waals surface area contributed by atoms with Crippen LogP contribution >= 0.6 is 0 Å². The number of carbonyl (C=O) groups excluding carboxylic acids is 2. The smallest absolute Gasteiger partial charge is 0.223 e. The molecule has 1 saturated heterocycles. The maximum Gasteiger partial charge on any atom is 0.223 e. The fraction of sp³-hybridized carbons (Fsp3) is 0.773. The Hall–Kier alpha value is -1.85. The fourth-order valence-electron chi connectivity index (χ4n) is 5.33. The van der Waals surface area contributed by atoms with Crippen LogP contribution in [0.15, 0.2) is 12.4 Å². The van der Waals surface area contributed by atoms with Gasteiger partial charge in [0.2, 0.25) is 11.8 Å². The molecule has 2 saturated carbocycles. The lowest BCUT2D eigenvalue weighted by Crippen LogP contribution is -2.45. The van der Waals surface area contributed by atoms with Crippen LogP contribution in [-0.2, 0) is 16.6 Å². The van der Waals surface area contributed by atoms with Crippen molar-refractivity contribution in [2.45, 2.75) is 77.3 Å². The molecule has 0 radical (unpaired) electrons. The van der Waals surface area contributed by atoms with E-state index in [1.807, 2.05) is 24.3 Å². The third-order valence-electron chi connectivity index (χ3n) is 7.13. The highest BCUT2D eigenvalue weighted by atomic mass is 16.2. The Kier molecular flexibility index (Phi) is 4.79. The molecule has 2 heterocycles. The first-order valence-electron chi connectivity index (χ1n) is 10.8. The summed E-state index contributed by atoms with van der Waals surface area (Å²) in [4.78, 5) is 27.6. The van der Waals surface area contributed by atoms with Crippen molar-refractivity contribution in [2.75, 3.05) is 6.54 Å². The minimum absolute atomic E-state index is 0.0393. The van der Waals surface area contributed by atoms with Crippen LogP contribution in [0.3, 0.4) is 0 Å². The second-order valence-corrected chi connectivity index (χ2v) is 10.3. The summed E-state index contributed by atoms with van der Waals surface area (Å²) in [6.07, 6.45) is 11.5. The van der Waals surface area contributed by atoms with Crippen molar-refractivity contribution < 1.29 is 9.59 Å². The van der Waals surface area contributed by atoms with E-state index in [1.165, 1.54) is 25.7 Å². The highest BCUT2D eigenvalue weighted by Crippen LogP contribution is 2.57. The van der Waals surface area contributed by atoms with Gasteiger partial charge in [0.25, 0.3) is 0 Å². The molecule has 3 aliphatic rings. The molecule has 2 aliphatic carbocycles. The van der Waals surface area contributed by atoms with Crippen LogP contribution in [0.25, 0.3) is 0 Å². The molecule has 28 heavy (non-hydrogen) atoms. The third-order valence-corrected chi connectivity index (χ3v) is 7.13. The van der Waals surface area contributed by atoms with Crippen LogP contribution in [-0.4, -0.2) is 38.6 Å². The van der Waals surface area contributed by atoms with Crippen molar-refractivity contribution in [3.63, 3.8) is 0 Å². The standard InChI is InChI=1S/C22H34N4O2/c1-21(2,3)26-18(27)11-16(19(26)17-13-24-25(4)14-17)12-23-20(28)15-5-7-22(8-6-15)9-10-22/h13-16,19H,5-12H2,1-4H3,(H,23,28)/t16-,19+/m1/s1. The van der Waals surface area contributed by atoms with Gasteiger partial charge in [-0.05, 0) is 64.7 Å². The van der Waals surface area contributed by atoms with Gasteiger partial charge >= 0.3 is 0 Å². The maximum absolute atomic E-state index is 12.8. The van der Waals surface area contributed by atoms with Crippen molar-refractivity contribution in [3.8, 4) is 0 Å². The lowest BCUT2D eigenvalue weighted by atomic mass is 9.79. The summed E-state index contributed by atoms with van der Waals surface area (Å²) in [5, 5.41) is 7.51. The number of likely N-dealkylation sites (tertiary alicyclic amines) is 1. The molecular formula is C22H34N4O2. The number of nitrogens with one attached hydrogen (secondary N) is 1. The summed E-state index contributed by atoms with van der Waals surface area (Å²) >= 11 is 0. The molecule has 1 N–H and O–H groups in total. The lowest BCUT2D eigenvalue weighted by Gasteiger charge is -2.38. The minimum atomic E-state index is -0.266. The van der Waals surface area contributed by atoms with Crippen LogP contribution in [0, 0.1) is 17.3 Å². The number of hydrogen-bond acceptors (Lipinski definition) is 3. The first-order valence-corrected chi connectivity index (χ1v) is 10.8. The van der Waals surface area contributed by atoms with E-state index < -0.39 is 0 Å².